The highest BCUT2D eigenvalue weighted by atomic mass is 16.5. The number of hydrogen-bond acceptors (Lipinski definition) is 4. The minimum atomic E-state index is -0.347. The van der Waals surface area contributed by atoms with Crippen molar-refractivity contribution >= 4 is 18.0 Å². The Balaban J connectivity index is 2.30. The zero-order valence-corrected chi connectivity index (χ0v) is 7.10. The van der Waals surface area contributed by atoms with Crippen LogP contribution in [0.3, 0.4) is 0 Å². The van der Waals surface area contributed by atoms with Crippen molar-refractivity contribution in [2.45, 2.75) is 0 Å². The largest absolute Gasteiger partial charge is 0.468 e. The van der Waals surface area contributed by atoms with Gasteiger partial charge in [0, 0.05) is 18.0 Å². The number of methoxy groups -OCH3 is 1. The molecular weight excluding hydrogens is 168 g/mol. The summed E-state index contributed by atoms with van der Waals surface area (Å²) in [6.45, 7) is 0. The molecule has 2 aliphatic heterocycles. The molecule has 0 spiro atoms. The van der Waals surface area contributed by atoms with E-state index in [4.69, 9.17) is 0 Å². The van der Waals surface area contributed by atoms with Gasteiger partial charge in [0.15, 0.2) is 5.84 Å². The van der Waals surface area contributed by atoms with E-state index in [0.29, 0.717) is 5.84 Å². The second-order valence-electron chi connectivity index (χ2n) is 2.70. The molecule has 0 radical (unpaired) electrons. The number of nitrogens with zero attached hydrogens (tertiary/aromatic N) is 2. The van der Waals surface area contributed by atoms with Crippen molar-refractivity contribution in [1.29, 1.82) is 0 Å². The fourth-order valence-corrected chi connectivity index (χ4v) is 1.32. The number of carbonyl (C=O) groups excluding carboxylic acids is 1. The van der Waals surface area contributed by atoms with Crippen LogP contribution in [0.5, 0.6) is 0 Å². The topological polar surface area (TPSA) is 51.0 Å². The molecule has 4 nitrogen and oxygen atoms in total. The summed E-state index contributed by atoms with van der Waals surface area (Å²) in [4.78, 5) is 19.3. The lowest BCUT2D eigenvalue weighted by Crippen LogP contribution is -2.21. The van der Waals surface area contributed by atoms with Gasteiger partial charge in [-0.2, -0.15) is 0 Å². The number of rotatable bonds is 1. The van der Waals surface area contributed by atoms with E-state index in [-0.39, 0.29) is 11.9 Å². The first-order valence-electron chi connectivity index (χ1n) is 3.90. The number of fused-ring (bicyclic) bond motifs is 1. The maximum absolute atomic E-state index is 11.3. The molecule has 0 aromatic carbocycles. The summed E-state index contributed by atoms with van der Waals surface area (Å²) in [6.07, 6.45) is 6.70. The third-order valence-electron chi connectivity index (χ3n) is 1.97. The fourth-order valence-electron chi connectivity index (χ4n) is 1.32. The van der Waals surface area contributed by atoms with E-state index in [1.807, 2.05) is 0 Å². The number of esters is 1. The number of amidine groups is 1. The quantitative estimate of drug-likeness (QED) is 0.552. The second-order valence-corrected chi connectivity index (χ2v) is 2.70. The van der Waals surface area contributed by atoms with Crippen LogP contribution in [0.15, 0.2) is 33.9 Å². The van der Waals surface area contributed by atoms with E-state index in [9.17, 15) is 4.79 Å². The molecule has 0 unspecified atom stereocenters. The molecule has 0 aliphatic carbocycles. The highest BCUT2D eigenvalue weighted by Crippen LogP contribution is 2.23. The van der Waals surface area contributed by atoms with Crippen LogP contribution in [0, 0.1) is 5.92 Å². The van der Waals surface area contributed by atoms with Gasteiger partial charge in [0.2, 0.25) is 0 Å². The molecule has 1 atom stereocenters. The maximum atomic E-state index is 11.3. The lowest BCUT2D eigenvalue weighted by Gasteiger charge is -2.14. The van der Waals surface area contributed by atoms with Crippen molar-refractivity contribution in [1.82, 2.24) is 0 Å². The Morgan fingerprint density at radius 3 is 3.23 bits per heavy atom. The third-order valence-corrected chi connectivity index (χ3v) is 1.97. The van der Waals surface area contributed by atoms with Gasteiger partial charge in [-0.3, -0.25) is 4.79 Å². The molecule has 0 aromatic rings. The molecule has 0 saturated carbocycles. The zero-order valence-electron chi connectivity index (χ0n) is 7.10. The molecule has 0 fully saturated rings. The molecule has 0 N–H and O–H groups in total. The Kier molecular flexibility index (Phi) is 1.81. The van der Waals surface area contributed by atoms with E-state index >= 15 is 0 Å². The molecule has 2 rings (SSSR count). The number of ether oxygens (including phenoxy) is 1. The van der Waals surface area contributed by atoms with Gasteiger partial charge in [-0.15, -0.1) is 0 Å². The van der Waals surface area contributed by atoms with E-state index in [2.05, 4.69) is 14.7 Å². The normalized spacial score (nSPS) is 23.6. The summed E-state index contributed by atoms with van der Waals surface area (Å²) >= 11 is 0. The highest BCUT2D eigenvalue weighted by molar-refractivity contribution is 6.14. The summed E-state index contributed by atoms with van der Waals surface area (Å²) in [5.74, 6) is -0.0155. The number of allylic oxidation sites excluding steroid dienone is 1. The molecule has 0 bridgehead atoms. The Hall–Kier alpha value is -1.71. The van der Waals surface area contributed by atoms with Crippen LogP contribution in [0.25, 0.3) is 0 Å². The van der Waals surface area contributed by atoms with Gasteiger partial charge in [0.1, 0.15) is 5.92 Å². The SMILES string of the molecule is COC(=O)[C@@H]1C=CN=C2N=CC=C21. The predicted molar refractivity (Wildman–Crippen MR) is 48.7 cm³/mol. The summed E-state index contributed by atoms with van der Waals surface area (Å²) in [6, 6.07) is 0. The van der Waals surface area contributed by atoms with Crippen molar-refractivity contribution in [2.75, 3.05) is 7.11 Å². The summed E-state index contributed by atoms with van der Waals surface area (Å²) in [5, 5.41) is 0. The summed E-state index contributed by atoms with van der Waals surface area (Å²) < 4.78 is 4.66. The van der Waals surface area contributed by atoms with Gasteiger partial charge in [-0.25, -0.2) is 9.98 Å². The molecule has 66 valence electrons. The lowest BCUT2D eigenvalue weighted by atomic mass is 9.97. The predicted octanol–water partition coefficient (Wildman–Crippen LogP) is 0.712. The van der Waals surface area contributed by atoms with E-state index in [1.54, 1.807) is 24.6 Å². The van der Waals surface area contributed by atoms with Crippen molar-refractivity contribution < 1.29 is 9.53 Å². The number of carbonyl (C=O) groups is 1. The van der Waals surface area contributed by atoms with Crippen LogP contribution in [-0.4, -0.2) is 25.1 Å². The highest BCUT2D eigenvalue weighted by Gasteiger charge is 2.27. The van der Waals surface area contributed by atoms with Gasteiger partial charge < -0.3 is 4.74 Å². The molecule has 2 heterocycles. The van der Waals surface area contributed by atoms with E-state index < -0.39 is 0 Å². The lowest BCUT2D eigenvalue weighted by molar-refractivity contribution is -0.142. The van der Waals surface area contributed by atoms with Gasteiger partial charge in [-0.1, -0.05) is 0 Å². The van der Waals surface area contributed by atoms with Gasteiger partial charge in [0.25, 0.3) is 0 Å². The molecule has 2 aliphatic rings. The average Bonchev–Trinajstić information content (AvgIpc) is 2.63. The zero-order chi connectivity index (χ0) is 9.26. The third kappa shape index (κ3) is 1.20. The van der Waals surface area contributed by atoms with Crippen LogP contribution in [0.1, 0.15) is 0 Å². The van der Waals surface area contributed by atoms with Gasteiger partial charge >= 0.3 is 5.97 Å². The van der Waals surface area contributed by atoms with E-state index in [0.717, 1.165) is 5.57 Å². The minimum absolute atomic E-state index is 0.277. The molecule has 13 heavy (non-hydrogen) atoms. The van der Waals surface area contributed by atoms with Gasteiger partial charge in [0.05, 0.1) is 7.11 Å². The van der Waals surface area contributed by atoms with Gasteiger partial charge in [-0.05, 0) is 12.2 Å². The van der Waals surface area contributed by atoms with Crippen molar-refractivity contribution in [3.8, 4) is 0 Å². The first-order valence-corrected chi connectivity index (χ1v) is 3.90. The Labute approximate surface area is 75.3 Å². The molecule has 0 saturated heterocycles. The van der Waals surface area contributed by atoms with Crippen LogP contribution in [-0.2, 0) is 9.53 Å². The average molecular weight is 176 g/mol. The van der Waals surface area contributed by atoms with Crippen LogP contribution in [0.2, 0.25) is 0 Å². The van der Waals surface area contributed by atoms with Crippen LogP contribution in [0.4, 0.5) is 0 Å². The first-order chi connectivity index (χ1) is 6.33. The number of hydrogen-bond donors (Lipinski definition) is 0. The molecular formula is C9H8N2O2. The number of aliphatic imine (C=N–C) groups is 2. The Bertz CT molecular complexity index is 364. The fraction of sp³-hybridized carbons (Fsp3) is 0.222. The molecule has 0 amide bonds. The van der Waals surface area contributed by atoms with Crippen molar-refractivity contribution in [3.63, 3.8) is 0 Å². The van der Waals surface area contributed by atoms with Crippen molar-refractivity contribution in [2.24, 2.45) is 15.9 Å². The standard InChI is InChI=1S/C9H8N2O2/c1-13-9(12)7-3-5-11-8-6(7)2-4-10-8/h2-5,7H,1H3/t7-/m1/s1. The second kappa shape index (κ2) is 2.97. The van der Waals surface area contributed by atoms with Crippen molar-refractivity contribution in [3.05, 3.63) is 23.9 Å². The summed E-state index contributed by atoms with van der Waals surface area (Å²) in [5.41, 5.74) is 0.814. The summed E-state index contributed by atoms with van der Waals surface area (Å²) in [7, 11) is 1.37. The maximum Gasteiger partial charge on any atom is 0.317 e. The first kappa shape index (κ1) is 7.91. The smallest absolute Gasteiger partial charge is 0.317 e. The van der Waals surface area contributed by atoms with Crippen LogP contribution < -0.4 is 0 Å². The van der Waals surface area contributed by atoms with Crippen LogP contribution >= 0.6 is 0 Å². The Morgan fingerprint density at radius 2 is 2.46 bits per heavy atom. The Morgan fingerprint density at radius 1 is 1.62 bits per heavy atom. The molecule has 0 aromatic heterocycles. The monoisotopic (exact) mass is 176 g/mol. The molecule has 4 heteroatoms. The minimum Gasteiger partial charge on any atom is -0.468 e. The van der Waals surface area contributed by atoms with E-state index in [1.165, 1.54) is 7.11 Å².